The summed E-state index contributed by atoms with van der Waals surface area (Å²) in [6, 6.07) is 0.668. The SMILES string of the molecule is CCC(CSC)N(C)C1(CN)CC(C)CC(C)C1. The summed E-state index contributed by atoms with van der Waals surface area (Å²) in [5.74, 6) is 2.84. The van der Waals surface area contributed by atoms with Crippen LogP contribution >= 0.6 is 11.8 Å². The average molecular weight is 273 g/mol. The molecule has 1 rings (SSSR count). The van der Waals surface area contributed by atoms with Crippen LogP contribution in [-0.2, 0) is 0 Å². The molecule has 3 unspecified atom stereocenters. The molecule has 0 bridgehead atoms. The van der Waals surface area contributed by atoms with E-state index < -0.39 is 0 Å². The van der Waals surface area contributed by atoms with Crippen LogP contribution in [0.2, 0.25) is 0 Å². The van der Waals surface area contributed by atoms with E-state index >= 15 is 0 Å². The molecule has 0 heterocycles. The summed E-state index contributed by atoms with van der Waals surface area (Å²) < 4.78 is 0. The fraction of sp³-hybridized carbons (Fsp3) is 1.00. The zero-order chi connectivity index (χ0) is 13.8. The highest BCUT2D eigenvalue weighted by atomic mass is 32.2. The molecular formula is C15H32N2S. The van der Waals surface area contributed by atoms with Gasteiger partial charge in [-0.1, -0.05) is 20.8 Å². The van der Waals surface area contributed by atoms with E-state index in [0.717, 1.165) is 18.4 Å². The van der Waals surface area contributed by atoms with Gasteiger partial charge in [0.2, 0.25) is 0 Å². The molecule has 108 valence electrons. The highest BCUT2D eigenvalue weighted by Gasteiger charge is 2.41. The van der Waals surface area contributed by atoms with Crippen molar-refractivity contribution in [3.63, 3.8) is 0 Å². The molecule has 1 aliphatic carbocycles. The lowest BCUT2D eigenvalue weighted by molar-refractivity contribution is 0.0140. The minimum atomic E-state index is 0.244. The maximum Gasteiger partial charge on any atom is 0.0337 e. The van der Waals surface area contributed by atoms with E-state index in [-0.39, 0.29) is 5.54 Å². The molecule has 0 saturated heterocycles. The van der Waals surface area contributed by atoms with Crippen LogP contribution in [0.25, 0.3) is 0 Å². The first-order valence-electron chi connectivity index (χ1n) is 7.41. The molecule has 1 fully saturated rings. The van der Waals surface area contributed by atoms with Crippen molar-refractivity contribution in [2.45, 2.75) is 58.0 Å². The van der Waals surface area contributed by atoms with Crippen molar-refractivity contribution < 1.29 is 0 Å². The quantitative estimate of drug-likeness (QED) is 0.805. The minimum absolute atomic E-state index is 0.244. The Balaban J connectivity index is 2.84. The molecule has 18 heavy (non-hydrogen) atoms. The van der Waals surface area contributed by atoms with Crippen molar-refractivity contribution in [2.75, 3.05) is 25.6 Å². The van der Waals surface area contributed by atoms with Gasteiger partial charge in [-0.05, 0) is 50.8 Å². The van der Waals surface area contributed by atoms with Crippen LogP contribution in [0.4, 0.5) is 0 Å². The van der Waals surface area contributed by atoms with Crippen LogP contribution < -0.4 is 5.73 Å². The number of rotatable bonds is 6. The Morgan fingerprint density at radius 2 is 1.89 bits per heavy atom. The smallest absolute Gasteiger partial charge is 0.0337 e. The number of hydrogen-bond donors (Lipinski definition) is 1. The number of hydrogen-bond acceptors (Lipinski definition) is 3. The third-order valence-electron chi connectivity index (χ3n) is 4.77. The van der Waals surface area contributed by atoms with E-state index in [1.165, 1.54) is 31.4 Å². The molecule has 3 atom stereocenters. The average Bonchev–Trinajstić information content (AvgIpc) is 2.33. The highest BCUT2D eigenvalue weighted by molar-refractivity contribution is 7.98. The summed E-state index contributed by atoms with van der Waals surface area (Å²) in [5.41, 5.74) is 6.45. The standard InChI is InChI=1S/C15H32N2S/c1-6-14(10-18-5)17(4)15(11-16)8-12(2)7-13(3)9-15/h12-14H,6-11,16H2,1-5H3. The van der Waals surface area contributed by atoms with Gasteiger partial charge in [-0.15, -0.1) is 0 Å². The fourth-order valence-corrected chi connectivity index (χ4v) is 4.76. The molecule has 3 heteroatoms. The molecule has 0 aromatic rings. The van der Waals surface area contributed by atoms with E-state index in [4.69, 9.17) is 5.73 Å². The lowest BCUT2D eigenvalue weighted by Crippen LogP contribution is -2.59. The van der Waals surface area contributed by atoms with Crippen LogP contribution in [0.1, 0.15) is 46.5 Å². The number of thioether (sulfide) groups is 1. The fourth-order valence-electron chi connectivity index (χ4n) is 3.92. The first-order valence-corrected chi connectivity index (χ1v) is 8.80. The molecular weight excluding hydrogens is 240 g/mol. The molecule has 0 aromatic heterocycles. The van der Waals surface area contributed by atoms with Gasteiger partial charge in [0.05, 0.1) is 0 Å². The number of nitrogens with two attached hydrogens (primary N) is 1. The number of likely N-dealkylation sites (N-methyl/N-ethyl adjacent to an activating group) is 1. The predicted octanol–water partition coefficient (Wildman–Crippen LogP) is 3.21. The molecule has 0 spiro atoms. The van der Waals surface area contributed by atoms with Crippen molar-refractivity contribution >= 4 is 11.8 Å². The van der Waals surface area contributed by atoms with Gasteiger partial charge < -0.3 is 5.73 Å². The van der Waals surface area contributed by atoms with Crippen molar-refractivity contribution in [1.29, 1.82) is 0 Å². The molecule has 0 aliphatic heterocycles. The van der Waals surface area contributed by atoms with Gasteiger partial charge in [0, 0.05) is 23.9 Å². The Kier molecular flexibility index (Phi) is 6.49. The molecule has 1 aliphatic rings. The summed E-state index contributed by atoms with van der Waals surface area (Å²) in [4.78, 5) is 2.62. The van der Waals surface area contributed by atoms with Crippen molar-refractivity contribution in [2.24, 2.45) is 17.6 Å². The molecule has 2 N–H and O–H groups in total. The summed E-state index contributed by atoms with van der Waals surface area (Å²) in [7, 11) is 2.31. The second kappa shape index (κ2) is 7.16. The summed E-state index contributed by atoms with van der Waals surface area (Å²) in [6.45, 7) is 7.90. The first-order chi connectivity index (χ1) is 8.49. The Hall–Kier alpha value is 0.270. The minimum Gasteiger partial charge on any atom is -0.329 e. The maximum atomic E-state index is 6.20. The van der Waals surface area contributed by atoms with Gasteiger partial charge in [0.25, 0.3) is 0 Å². The monoisotopic (exact) mass is 272 g/mol. The van der Waals surface area contributed by atoms with Crippen LogP contribution in [-0.4, -0.2) is 42.1 Å². The normalized spacial score (nSPS) is 34.8. The first kappa shape index (κ1) is 16.3. The Bertz CT molecular complexity index is 235. The summed E-state index contributed by atoms with van der Waals surface area (Å²) >= 11 is 1.95. The van der Waals surface area contributed by atoms with Crippen molar-refractivity contribution in [1.82, 2.24) is 4.90 Å². The van der Waals surface area contributed by atoms with E-state index in [0.29, 0.717) is 6.04 Å². The third kappa shape index (κ3) is 3.64. The molecule has 0 amide bonds. The zero-order valence-corrected chi connectivity index (χ0v) is 13.7. The van der Waals surface area contributed by atoms with Crippen molar-refractivity contribution in [3.8, 4) is 0 Å². The van der Waals surface area contributed by atoms with Crippen LogP contribution in [0, 0.1) is 11.8 Å². The van der Waals surface area contributed by atoms with E-state index in [9.17, 15) is 0 Å². The van der Waals surface area contributed by atoms with Gasteiger partial charge in [-0.25, -0.2) is 0 Å². The van der Waals surface area contributed by atoms with Crippen LogP contribution in [0.15, 0.2) is 0 Å². The Morgan fingerprint density at radius 1 is 1.33 bits per heavy atom. The topological polar surface area (TPSA) is 29.3 Å². The van der Waals surface area contributed by atoms with Gasteiger partial charge in [-0.3, -0.25) is 4.90 Å². The van der Waals surface area contributed by atoms with E-state index in [1.54, 1.807) is 0 Å². The van der Waals surface area contributed by atoms with E-state index in [2.05, 4.69) is 39.0 Å². The third-order valence-corrected chi connectivity index (χ3v) is 5.49. The van der Waals surface area contributed by atoms with Gasteiger partial charge in [0.1, 0.15) is 0 Å². The lowest BCUT2D eigenvalue weighted by Gasteiger charge is -2.51. The Labute approximate surface area is 118 Å². The van der Waals surface area contributed by atoms with Gasteiger partial charge in [0.15, 0.2) is 0 Å². The molecule has 1 saturated carbocycles. The molecule has 2 nitrogen and oxygen atoms in total. The lowest BCUT2D eigenvalue weighted by atomic mass is 9.70. The summed E-state index contributed by atoms with van der Waals surface area (Å²) in [6.07, 6.45) is 7.35. The van der Waals surface area contributed by atoms with Gasteiger partial charge >= 0.3 is 0 Å². The molecule has 0 radical (unpaired) electrons. The maximum absolute atomic E-state index is 6.20. The van der Waals surface area contributed by atoms with E-state index in [1.807, 2.05) is 11.8 Å². The number of nitrogens with zero attached hydrogens (tertiary/aromatic N) is 1. The molecule has 0 aromatic carbocycles. The second-order valence-corrected chi connectivity index (χ2v) is 7.32. The second-order valence-electron chi connectivity index (χ2n) is 6.41. The van der Waals surface area contributed by atoms with Crippen molar-refractivity contribution in [3.05, 3.63) is 0 Å². The zero-order valence-electron chi connectivity index (χ0n) is 12.9. The predicted molar refractivity (Wildman–Crippen MR) is 84.2 cm³/mol. The Morgan fingerprint density at radius 3 is 2.28 bits per heavy atom. The van der Waals surface area contributed by atoms with Gasteiger partial charge in [-0.2, -0.15) is 11.8 Å². The summed E-state index contributed by atoms with van der Waals surface area (Å²) in [5, 5.41) is 0. The van der Waals surface area contributed by atoms with Crippen LogP contribution in [0.5, 0.6) is 0 Å². The van der Waals surface area contributed by atoms with Crippen LogP contribution in [0.3, 0.4) is 0 Å². The highest BCUT2D eigenvalue weighted by Crippen LogP contribution is 2.40. The largest absolute Gasteiger partial charge is 0.329 e.